The summed E-state index contributed by atoms with van der Waals surface area (Å²) in [4.78, 5) is 33.9. The molecule has 1 aromatic carbocycles. The van der Waals surface area contributed by atoms with Crippen LogP contribution in [0.15, 0.2) is 24.3 Å². The highest BCUT2D eigenvalue weighted by atomic mass is 16.2. The number of carbonyl (C=O) groups is 3. The third-order valence-corrected chi connectivity index (χ3v) is 3.67. The van der Waals surface area contributed by atoms with E-state index in [0.717, 1.165) is 12.0 Å². The van der Waals surface area contributed by atoms with Gasteiger partial charge in [-0.3, -0.25) is 14.4 Å². The smallest absolute Gasteiger partial charge is 0.251 e. The summed E-state index contributed by atoms with van der Waals surface area (Å²) >= 11 is 0. The Bertz CT molecular complexity index is 537. The molecule has 0 bridgehead atoms. The predicted octanol–water partition coefficient (Wildman–Crippen LogP) is 1.39. The number of hydrogen-bond donors (Lipinski definition) is 2. The summed E-state index contributed by atoms with van der Waals surface area (Å²) in [5, 5.41) is 5.36. The van der Waals surface area contributed by atoms with Crippen LogP contribution < -0.4 is 10.6 Å². The number of nitrogens with one attached hydrogen (secondary N) is 2. The van der Waals surface area contributed by atoms with E-state index >= 15 is 0 Å². The van der Waals surface area contributed by atoms with E-state index in [4.69, 9.17) is 0 Å². The van der Waals surface area contributed by atoms with Crippen molar-refractivity contribution in [1.82, 2.24) is 10.6 Å². The highest BCUT2D eigenvalue weighted by Crippen LogP contribution is 2.31. The fourth-order valence-corrected chi connectivity index (χ4v) is 2.52. The van der Waals surface area contributed by atoms with Crippen molar-refractivity contribution in [2.24, 2.45) is 0 Å². The van der Waals surface area contributed by atoms with Gasteiger partial charge in [-0.1, -0.05) is 12.1 Å². The van der Waals surface area contributed by atoms with Gasteiger partial charge in [0.15, 0.2) is 0 Å². The van der Waals surface area contributed by atoms with Gasteiger partial charge in [0.2, 0.25) is 5.91 Å². The molecule has 112 valence electrons. The van der Waals surface area contributed by atoms with Crippen molar-refractivity contribution in [3.63, 3.8) is 0 Å². The molecule has 1 aromatic rings. The van der Waals surface area contributed by atoms with Crippen molar-refractivity contribution < 1.29 is 14.4 Å². The predicted molar refractivity (Wildman–Crippen MR) is 79.1 cm³/mol. The van der Waals surface area contributed by atoms with Crippen molar-refractivity contribution in [1.29, 1.82) is 0 Å². The van der Waals surface area contributed by atoms with Crippen LogP contribution in [-0.2, 0) is 9.59 Å². The van der Waals surface area contributed by atoms with Crippen molar-refractivity contribution in [2.75, 3.05) is 13.1 Å². The molecule has 2 rings (SSSR count). The van der Waals surface area contributed by atoms with E-state index in [1.807, 2.05) is 12.1 Å². The molecule has 1 saturated carbocycles. The lowest BCUT2D eigenvalue weighted by atomic mass is 9.96. The molecule has 0 aliphatic heterocycles. The van der Waals surface area contributed by atoms with Gasteiger partial charge in [-0.05, 0) is 30.0 Å². The van der Waals surface area contributed by atoms with Gasteiger partial charge in [0.05, 0.1) is 0 Å². The number of rotatable bonds is 5. The van der Waals surface area contributed by atoms with Crippen molar-refractivity contribution in [2.45, 2.75) is 32.1 Å². The van der Waals surface area contributed by atoms with Crippen LogP contribution in [0.25, 0.3) is 0 Å². The number of ketones is 1. The standard InChI is InChI=1S/C16H20N2O3/c1-11(19)17-8-9-18-16(21)13-4-2-12(3-5-13)14-6-7-15(20)10-14/h2-5,14H,6-10H2,1H3,(H,17,19)(H,18,21). The fraction of sp³-hybridized carbons (Fsp3) is 0.438. The van der Waals surface area contributed by atoms with E-state index < -0.39 is 0 Å². The molecule has 0 saturated heterocycles. The first-order valence-corrected chi connectivity index (χ1v) is 7.20. The second-order valence-electron chi connectivity index (χ2n) is 5.34. The van der Waals surface area contributed by atoms with Crippen LogP contribution in [-0.4, -0.2) is 30.7 Å². The summed E-state index contributed by atoms with van der Waals surface area (Å²) in [5.74, 6) is 0.350. The minimum Gasteiger partial charge on any atom is -0.355 e. The lowest BCUT2D eigenvalue weighted by Crippen LogP contribution is -2.33. The maximum atomic E-state index is 11.9. The average molecular weight is 288 g/mol. The highest BCUT2D eigenvalue weighted by molar-refractivity contribution is 5.94. The van der Waals surface area contributed by atoms with E-state index in [1.54, 1.807) is 12.1 Å². The van der Waals surface area contributed by atoms with E-state index in [0.29, 0.717) is 43.2 Å². The Morgan fingerprint density at radius 1 is 1.14 bits per heavy atom. The second-order valence-corrected chi connectivity index (χ2v) is 5.34. The third-order valence-electron chi connectivity index (χ3n) is 3.67. The van der Waals surface area contributed by atoms with Crippen LogP contribution in [0.3, 0.4) is 0 Å². The largest absolute Gasteiger partial charge is 0.355 e. The third kappa shape index (κ3) is 4.41. The second kappa shape index (κ2) is 7.02. The van der Waals surface area contributed by atoms with Gasteiger partial charge in [0.25, 0.3) is 5.91 Å². The van der Waals surface area contributed by atoms with Crippen molar-refractivity contribution >= 4 is 17.6 Å². The van der Waals surface area contributed by atoms with E-state index in [-0.39, 0.29) is 11.8 Å². The average Bonchev–Trinajstić information content (AvgIpc) is 2.90. The van der Waals surface area contributed by atoms with E-state index in [1.165, 1.54) is 6.92 Å². The van der Waals surface area contributed by atoms with Crippen molar-refractivity contribution in [3.8, 4) is 0 Å². The van der Waals surface area contributed by atoms with Gasteiger partial charge in [0.1, 0.15) is 5.78 Å². The minimum absolute atomic E-state index is 0.111. The van der Waals surface area contributed by atoms with Gasteiger partial charge in [-0.15, -0.1) is 0 Å². The number of amides is 2. The fourth-order valence-electron chi connectivity index (χ4n) is 2.52. The van der Waals surface area contributed by atoms with Crippen LogP contribution in [0.2, 0.25) is 0 Å². The summed E-state index contributed by atoms with van der Waals surface area (Å²) in [6.07, 6.45) is 2.18. The molecule has 1 unspecified atom stereocenters. The Hall–Kier alpha value is -2.17. The molecule has 0 heterocycles. The summed E-state index contributed by atoms with van der Waals surface area (Å²) in [7, 11) is 0. The normalized spacial score (nSPS) is 17.6. The molecule has 1 fully saturated rings. The lowest BCUT2D eigenvalue weighted by molar-refractivity contribution is -0.119. The molecule has 0 radical (unpaired) electrons. The highest BCUT2D eigenvalue weighted by Gasteiger charge is 2.23. The molecular weight excluding hydrogens is 268 g/mol. The van der Waals surface area contributed by atoms with Crippen LogP contribution >= 0.6 is 0 Å². The van der Waals surface area contributed by atoms with Crippen LogP contribution in [0, 0.1) is 0 Å². The van der Waals surface area contributed by atoms with Gasteiger partial charge in [-0.25, -0.2) is 0 Å². The molecule has 2 N–H and O–H groups in total. The van der Waals surface area contributed by atoms with Gasteiger partial charge < -0.3 is 10.6 Å². The van der Waals surface area contributed by atoms with Gasteiger partial charge >= 0.3 is 0 Å². The molecule has 0 spiro atoms. The zero-order chi connectivity index (χ0) is 15.2. The molecule has 5 heteroatoms. The maximum Gasteiger partial charge on any atom is 0.251 e. The Morgan fingerprint density at radius 2 is 1.81 bits per heavy atom. The Morgan fingerprint density at radius 3 is 2.38 bits per heavy atom. The minimum atomic E-state index is -0.158. The van der Waals surface area contributed by atoms with Crippen LogP contribution in [0.1, 0.15) is 48.0 Å². The number of benzene rings is 1. The number of Topliss-reactive ketones (excluding diaryl/α,β-unsaturated/α-hetero) is 1. The Labute approximate surface area is 124 Å². The molecule has 21 heavy (non-hydrogen) atoms. The maximum absolute atomic E-state index is 11.9. The molecule has 2 amide bonds. The van der Waals surface area contributed by atoms with E-state index in [9.17, 15) is 14.4 Å². The number of carbonyl (C=O) groups excluding carboxylic acids is 3. The Kier molecular flexibility index (Phi) is 5.09. The van der Waals surface area contributed by atoms with Gasteiger partial charge in [-0.2, -0.15) is 0 Å². The summed E-state index contributed by atoms with van der Waals surface area (Å²) in [6.45, 7) is 2.26. The molecule has 1 atom stereocenters. The summed E-state index contributed by atoms with van der Waals surface area (Å²) in [6, 6.07) is 7.41. The molecule has 1 aliphatic rings. The molecule has 1 aliphatic carbocycles. The lowest BCUT2D eigenvalue weighted by Gasteiger charge is -2.10. The molecular formula is C16H20N2O3. The Balaban J connectivity index is 1.85. The first kappa shape index (κ1) is 15.2. The van der Waals surface area contributed by atoms with Gasteiger partial charge in [0, 0.05) is 38.4 Å². The first-order valence-electron chi connectivity index (χ1n) is 7.20. The topological polar surface area (TPSA) is 75.3 Å². The summed E-state index contributed by atoms with van der Waals surface area (Å²) in [5.41, 5.74) is 1.71. The first-order chi connectivity index (χ1) is 10.1. The van der Waals surface area contributed by atoms with Crippen LogP contribution in [0.5, 0.6) is 0 Å². The molecule has 5 nitrogen and oxygen atoms in total. The SMILES string of the molecule is CC(=O)NCCNC(=O)c1ccc(C2CCC(=O)C2)cc1. The van der Waals surface area contributed by atoms with Crippen LogP contribution in [0.4, 0.5) is 0 Å². The number of hydrogen-bond acceptors (Lipinski definition) is 3. The van der Waals surface area contributed by atoms with Crippen molar-refractivity contribution in [3.05, 3.63) is 35.4 Å². The monoisotopic (exact) mass is 288 g/mol. The molecule has 0 aromatic heterocycles. The van der Waals surface area contributed by atoms with E-state index in [2.05, 4.69) is 10.6 Å². The summed E-state index contributed by atoms with van der Waals surface area (Å²) < 4.78 is 0. The quantitative estimate of drug-likeness (QED) is 0.804. The zero-order valence-electron chi connectivity index (χ0n) is 12.1. The zero-order valence-corrected chi connectivity index (χ0v) is 12.1.